The van der Waals surface area contributed by atoms with Gasteiger partial charge in [-0.1, -0.05) is 48.5 Å². The van der Waals surface area contributed by atoms with Gasteiger partial charge in [0, 0.05) is 17.3 Å². The van der Waals surface area contributed by atoms with Crippen LogP contribution in [-0.4, -0.2) is 29.3 Å². The predicted molar refractivity (Wildman–Crippen MR) is 104 cm³/mol. The lowest BCUT2D eigenvalue weighted by atomic mass is 9.98. The maximum Gasteiger partial charge on any atom is 0.338 e. The van der Waals surface area contributed by atoms with E-state index < -0.39 is 11.9 Å². The number of carbonyl (C=O) groups excluding carboxylic acids is 3. The lowest BCUT2D eigenvalue weighted by molar-refractivity contribution is 0.0526. The normalized spacial score (nSPS) is 10.2. The minimum atomic E-state index is -0.500. The molecule has 0 aliphatic carbocycles. The van der Waals surface area contributed by atoms with Gasteiger partial charge in [-0.05, 0) is 25.1 Å². The Morgan fingerprint density at radius 1 is 0.893 bits per heavy atom. The highest BCUT2D eigenvalue weighted by atomic mass is 16.5. The lowest BCUT2D eigenvalue weighted by Gasteiger charge is -2.10. The van der Waals surface area contributed by atoms with Gasteiger partial charge in [-0.15, -0.1) is 0 Å². The quantitative estimate of drug-likeness (QED) is 0.525. The topological polar surface area (TPSA) is 85.4 Å². The van der Waals surface area contributed by atoms with E-state index in [1.54, 1.807) is 55.5 Å². The Kier molecular flexibility index (Phi) is 5.91. The van der Waals surface area contributed by atoms with Gasteiger partial charge in [0.25, 0.3) is 5.91 Å². The van der Waals surface area contributed by atoms with E-state index in [0.29, 0.717) is 5.56 Å². The van der Waals surface area contributed by atoms with Gasteiger partial charge >= 0.3 is 5.97 Å². The van der Waals surface area contributed by atoms with Gasteiger partial charge < -0.3 is 10.1 Å². The number of ether oxygens (including phenoxy) is 1. The molecule has 0 atom stereocenters. The molecule has 0 saturated heterocycles. The molecule has 0 aliphatic rings. The van der Waals surface area contributed by atoms with E-state index in [4.69, 9.17) is 4.74 Å². The number of anilines is 1. The first-order chi connectivity index (χ1) is 13.6. The summed E-state index contributed by atoms with van der Waals surface area (Å²) in [5, 5.41) is 2.63. The fourth-order valence-corrected chi connectivity index (χ4v) is 2.65. The zero-order valence-electron chi connectivity index (χ0n) is 15.2. The summed E-state index contributed by atoms with van der Waals surface area (Å²) in [7, 11) is 0. The monoisotopic (exact) mass is 374 g/mol. The molecule has 2 aromatic carbocycles. The van der Waals surface area contributed by atoms with Crippen molar-refractivity contribution in [2.24, 2.45) is 0 Å². The van der Waals surface area contributed by atoms with Crippen molar-refractivity contribution in [2.45, 2.75) is 6.92 Å². The van der Waals surface area contributed by atoms with Gasteiger partial charge in [-0.2, -0.15) is 0 Å². The standard InChI is InChI=1S/C22H18N2O4/c1-2-28-22(27)16-12-13-23-19(14-16)24-21(26)18-11-7-6-10-17(18)20(25)15-8-4-3-5-9-15/h3-14H,2H2,1H3,(H,23,24,26). The summed E-state index contributed by atoms with van der Waals surface area (Å²) >= 11 is 0. The molecule has 1 N–H and O–H groups in total. The fraction of sp³-hybridized carbons (Fsp3) is 0.0909. The Morgan fingerprint density at radius 3 is 2.29 bits per heavy atom. The molecular weight excluding hydrogens is 356 g/mol. The number of hydrogen-bond donors (Lipinski definition) is 1. The summed E-state index contributed by atoms with van der Waals surface area (Å²) in [5.74, 6) is -1.05. The first kappa shape index (κ1) is 19.0. The molecule has 0 bridgehead atoms. The van der Waals surface area contributed by atoms with Gasteiger partial charge in [0.1, 0.15) is 5.82 Å². The average molecular weight is 374 g/mol. The average Bonchev–Trinajstić information content (AvgIpc) is 2.74. The van der Waals surface area contributed by atoms with Gasteiger partial charge in [-0.25, -0.2) is 9.78 Å². The molecule has 0 saturated carbocycles. The molecule has 0 radical (unpaired) electrons. The summed E-state index contributed by atoms with van der Waals surface area (Å²) < 4.78 is 4.95. The van der Waals surface area contributed by atoms with E-state index in [-0.39, 0.29) is 34.9 Å². The molecule has 1 heterocycles. The van der Waals surface area contributed by atoms with E-state index in [9.17, 15) is 14.4 Å². The van der Waals surface area contributed by atoms with E-state index in [0.717, 1.165) is 0 Å². The van der Waals surface area contributed by atoms with Crippen molar-refractivity contribution in [1.29, 1.82) is 0 Å². The van der Waals surface area contributed by atoms with Crippen LogP contribution in [0.1, 0.15) is 43.6 Å². The van der Waals surface area contributed by atoms with Crippen molar-refractivity contribution >= 4 is 23.5 Å². The third-order valence-corrected chi connectivity index (χ3v) is 3.96. The third kappa shape index (κ3) is 4.29. The number of rotatable bonds is 6. The molecule has 1 amide bonds. The Bertz CT molecular complexity index is 1020. The Hall–Kier alpha value is -3.80. The first-order valence-corrected chi connectivity index (χ1v) is 8.73. The second-order valence-electron chi connectivity index (χ2n) is 5.85. The van der Waals surface area contributed by atoms with Crippen molar-refractivity contribution in [2.75, 3.05) is 11.9 Å². The van der Waals surface area contributed by atoms with E-state index >= 15 is 0 Å². The molecule has 1 aromatic heterocycles. The molecule has 3 aromatic rings. The fourth-order valence-electron chi connectivity index (χ4n) is 2.65. The van der Waals surface area contributed by atoms with Crippen LogP contribution in [0.4, 0.5) is 5.82 Å². The molecule has 3 rings (SSSR count). The molecule has 6 nitrogen and oxygen atoms in total. The lowest BCUT2D eigenvalue weighted by Crippen LogP contribution is -2.18. The Morgan fingerprint density at radius 2 is 1.57 bits per heavy atom. The van der Waals surface area contributed by atoms with E-state index in [1.165, 1.54) is 18.3 Å². The molecule has 6 heteroatoms. The number of ketones is 1. The molecule has 0 spiro atoms. The van der Waals surface area contributed by atoms with Gasteiger partial charge in [0.05, 0.1) is 17.7 Å². The predicted octanol–water partition coefficient (Wildman–Crippen LogP) is 3.74. The first-order valence-electron chi connectivity index (χ1n) is 8.73. The van der Waals surface area contributed by atoms with Gasteiger partial charge in [0.15, 0.2) is 5.78 Å². The molecule has 0 unspecified atom stereocenters. The summed E-state index contributed by atoms with van der Waals surface area (Å²) in [6, 6.07) is 18.2. The summed E-state index contributed by atoms with van der Waals surface area (Å²) in [5.41, 5.74) is 1.28. The second kappa shape index (κ2) is 8.73. The highest BCUT2D eigenvalue weighted by molar-refractivity contribution is 6.17. The highest BCUT2D eigenvalue weighted by Gasteiger charge is 2.18. The minimum absolute atomic E-state index is 0.192. The SMILES string of the molecule is CCOC(=O)c1ccnc(NC(=O)c2ccccc2C(=O)c2ccccc2)c1. The van der Waals surface area contributed by atoms with Crippen molar-refractivity contribution in [3.8, 4) is 0 Å². The molecule has 0 aliphatic heterocycles. The third-order valence-electron chi connectivity index (χ3n) is 3.96. The van der Waals surface area contributed by atoms with Crippen molar-refractivity contribution in [3.05, 3.63) is 95.2 Å². The van der Waals surface area contributed by atoms with Crippen LogP contribution < -0.4 is 5.32 Å². The van der Waals surface area contributed by atoms with Gasteiger partial charge in [-0.3, -0.25) is 9.59 Å². The van der Waals surface area contributed by atoms with Crippen molar-refractivity contribution in [3.63, 3.8) is 0 Å². The van der Waals surface area contributed by atoms with Crippen molar-refractivity contribution < 1.29 is 19.1 Å². The zero-order valence-corrected chi connectivity index (χ0v) is 15.2. The maximum atomic E-state index is 12.8. The number of carbonyl (C=O) groups is 3. The summed E-state index contributed by atoms with van der Waals surface area (Å²) in [6.45, 7) is 1.96. The van der Waals surface area contributed by atoms with E-state index in [1.807, 2.05) is 6.07 Å². The molecule has 0 fully saturated rings. The van der Waals surface area contributed by atoms with Gasteiger partial charge in [0.2, 0.25) is 0 Å². The number of nitrogens with zero attached hydrogens (tertiary/aromatic N) is 1. The molecule has 140 valence electrons. The van der Waals surface area contributed by atoms with Crippen LogP contribution in [0.25, 0.3) is 0 Å². The minimum Gasteiger partial charge on any atom is -0.462 e. The number of nitrogens with one attached hydrogen (secondary N) is 1. The molecular formula is C22H18N2O4. The number of esters is 1. The smallest absolute Gasteiger partial charge is 0.338 e. The van der Waals surface area contributed by atoms with Crippen LogP contribution in [0.3, 0.4) is 0 Å². The van der Waals surface area contributed by atoms with Crippen LogP contribution in [0.5, 0.6) is 0 Å². The number of amides is 1. The molecule has 28 heavy (non-hydrogen) atoms. The number of hydrogen-bond acceptors (Lipinski definition) is 5. The summed E-state index contributed by atoms with van der Waals surface area (Å²) in [4.78, 5) is 41.4. The highest BCUT2D eigenvalue weighted by Crippen LogP contribution is 2.17. The second-order valence-corrected chi connectivity index (χ2v) is 5.85. The Balaban J connectivity index is 1.85. The maximum absolute atomic E-state index is 12.8. The van der Waals surface area contributed by atoms with Crippen LogP contribution in [-0.2, 0) is 4.74 Å². The number of aromatic nitrogens is 1. The number of benzene rings is 2. The Labute approximate surface area is 162 Å². The van der Waals surface area contributed by atoms with Crippen molar-refractivity contribution in [1.82, 2.24) is 4.98 Å². The summed E-state index contributed by atoms with van der Waals surface area (Å²) in [6.07, 6.45) is 1.41. The van der Waals surface area contributed by atoms with Crippen LogP contribution in [0.15, 0.2) is 72.9 Å². The van der Waals surface area contributed by atoms with Crippen LogP contribution in [0.2, 0.25) is 0 Å². The number of pyridine rings is 1. The van der Waals surface area contributed by atoms with Crippen LogP contribution >= 0.6 is 0 Å². The zero-order chi connectivity index (χ0) is 19.9. The largest absolute Gasteiger partial charge is 0.462 e. The van der Waals surface area contributed by atoms with E-state index in [2.05, 4.69) is 10.3 Å². The van der Waals surface area contributed by atoms with Crippen LogP contribution in [0, 0.1) is 0 Å².